The van der Waals surface area contributed by atoms with Gasteiger partial charge in [0.1, 0.15) is 16.2 Å². The predicted octanol–water partition coefficient (Wildman–Crippen LogP) is 3.62. The van der Waals surface area contributed by atoms with Gasteiger partial charge >= 0.3 is 0 Å². The first kappa shape index (κ1) is 15.0. The molecule has 1 aliphatic rings. The van der Waals surface area contributed by atoms with Crippen LogP contribution >= 0.6 is 23.1 Å². The van der Waals surface area contributed by atoms with Crippen LogP contribution in [0, 0.1) is 6.92 Å². The molecule has 3 heterocycles. The van der Waals surface area contributed by atoms with E-state index in [4.69, 9.17) is 0 Å². The van der Waals surface area contributed by atoms with Crippen molar-refractivity contribution in [2.75, 3.05) is 0 Å². The van der Waals surface area contributed by atoms with Gasteiger partial charge in [-0.15, -0.1) is 16.4 Å². The van der Waals surface area contributed by atoms with Gasteiger partial charge in [0.2, 0.25) is 5.16 Å². The van der Waals surface area contributed by atoms with Crippen molar-refractivity contribution in [2.45, 2.75) is 36.4 Å². The number of benzene rings is 1. The van der Waals surface area contributed by atoms with E-state index >= 15 is 0 Å². The lowest BCUT2D eigenvalue weighted by atomic mass is 10.2. The second-order valence-corrected chi connectivity index (χ2v) is 8.07. The van der Waals surface area contributed by atoms with Crippen LogP contribution in [0.2, 0.25) is 0 Å². The van der Waals surface area contributed by atoms with Gasteiger partial charge in [-0.25, -0.2) is 9.97 Å². The molecule has 1 aliphatic carbocycles. The number of hydrogen-bond donors (Lipinski definition) is 0. The van der Waals surface area contributed by atoms with Crippen molar-refractivity contribution < 1.29 is 0 Å². The van der Waals surface area contributed by atoms with E-state index in [1.807, 2.05) is 12.1 Å². The van der Waals surface area contributed by atoms with Crippen LogP contribution in [0.5, 0.6) is 0 Å². The SMILES string of the molecule is Cc1ccc(-n2nnnc2Sc2ncnc3sc4c(c23)CCC4)cc1. The second-order valence-electron chi connectivity index (χ2n) is 6.03. The van der Waals surface area contributed by atoms with E-state index < -0.39 is 0 Å². The average Bonchev–Trinajstić information content (AvgIpc) is 3.31. The van der Waals surface area contributed by atoms with E-state index in [9.17, 15) is 0 Å². The number of aromatic nitrogens is 6. The summed E-state index contributed by atoms with van der Waals surface area (Å²) >= 11 is 3.29. The summed E-state index contributed by atoms with van der Waals surface area (Å²) in [6.45, 7) is 2.06. The molecular weight excluding hydrogens is 352 g/mol. The van der Waals surface area contributed by atoms with Gasteiger partial charge in [0.25, 0.3) is 0 Å². The van der Waals surface area contributed by atoms with Gasteiger partial charge in [-0.3, -0.25) is 0 Å². The Kier molecular flexibility index (Phi) is 3.53. The molecule has 0 radical (unpaired) electrons. The lowest BCUT2D eigenvalue weighted by molar-refractivity contribution is 0.755. The summed E-state index contributed by atoms with van der Waals surface area (Å²) in [7, 11) is 0. The molecule has 4 aromatic rings. The van der Waals surface area contributed by atoms with E-state index in [-0.39, 0.29) is 0 Å². The van der Waals surface area contributed by atoms with Crippen LogP contribution in [0.4, 0.5) is 0 Å². The molecule has 0 saturated carbocycles. The molecule has 0 saturated heterocycles. The molecule has 0 fully saturated rings. The van der Waals surface area contributed by atoms with E-state index in [1.165, 1.54) is 39.6 Å². The normalized spacial score (nSPS) is 13.5. The van der Waals surface area contributed by atoms with Gasteiger partial charge in [-0.05, 0) is 66.1 Å². The molecule has 1 aromatic carbocycles. The molecular formula is C17H14N6S2. The Morgan fingerprint density at radius 2 is 2.00 bits per heavy atom. The maximum Gasteiger partial charge on any atom is 0.220 e. The molecule has 0 atom stereocenters. The molecule has 124 valence electrons. The van der Waals surface area contributed by atoms with Gasteiger partial charge in [0.15, 0.2) is 0 Å². The molecule has 0 bridgehead atoms. The highest BCUT2D eigenvalue weighted by molar-refractivity contribution is 7.99. The highest BCUT2D eigenvalue weighted by Gasteiger charge is 2.22. The summed E-state index contributed by atoms with van der Waals surface area (Å²) in [5, 5.41) is 15.0. The molecule has 6 nitrogen and oxygen atoms in total. The Morgan fingerprint density at radius 3 is 2.88 bits per heavy atom. The fourth-order valence-corrected chi connectivity index (χ4v) is 5.35. The number of nitrogens with zero attached hydrogens (tertiary/aromatic N) is 6. The number of thiophene rings is 1. The highest BCUT2D eigenvalue weighted by atomic mass is 32.2. The Hall–Kier alpha value is -2.32. The maximum atomic E-state index is 4.53. The zero-order valence-corrected chi connectivity index (χ0v) is 15.1. The summed E-state index contributed by atoms with van der Waals surface area (Å²) < 4.78 is 1.75. The van der Waals surface area contributed by atoms with Crippen LogP contribution in [0.3, 0.4) is 0 Å². The van der Waals surface area contributed by atoms with E-state index in [0.29, 0.717) is 5.16 Å². The van der Waals surface area contributed by atoms with Crippen LogP contribution in [0.1, 0.15) is 22.4 Å². The molecule has 0 amide bonds. The molecule has 8 heteroatoms. The first-order chi connectivity index (χ1) is 12.3. The third kappa shape index (κ3) is 2.52. The summed E-state index contributed by atoms with van der Waals surface area (Å²) in [6.07, 6.45) is 5.12. The van der Waals surface area contributed by atoms with Crippen molar-refractivity contribution in [3.05, 3.63) is 46.6 Å². The van der Waals surface area contributed by atoms with Gasteiger partial charge in [-0.2, -0.15) is 4.68 Å². The number of hydrogen-bond acceptors (Lipinski definition) is 7. The minimum atomic E-state index is 0.710. The minimum absolute atomic E-state index is 0.710. The van der Waals surface area contributed by atoms with Crippen molar-refractivity contribution in [1.29, 1.82) is 0 Å². The van der Waals surface area contributed by atoms with Crippen molar-refractivity contribution in [2.24, 2.45) is 0 Å². The molecule has 5 rings (SSSR count). The van der Waals surface area contributed by atoms with E-state index in [0.717, 1.165) is 28.4 Å². The first-order valence-corrected chi connectivity index (χ1v) is 9.71. The maximum absolute atomic E-state index is 4.53. The molecule has 3 aromatic heterocycles. The van der Waals surface area contributed by atoms with Crippen LogP contribution in [-0.4, -0.2) is 30.2 Å². The number of fused-ring (bicyclic) bond motifs is 3. The Bertz CT molecular complexity index is 1070. The zero-order valence-electron chi connectivity index (χ0n) is 13.5. The first-order valence-electron chi connectivity index (χ1n) is 8.08. The fraction of sp³-hybridized carbons (Fsp3) is 0.235. The molecule has 0 spiro atoms. The fourth-order valence-electron chi connectivity index (χ4n) is 3.15. The number of rotatable bonds is 3. The highest BCUT2D eigenvalue weighted by Crippen LogP contribution is 2.41. The van der Waals surface area contributed by atoms with Crippen LogP contribution in [0.15, 0.2) is 40.8 Å². The van der Waals surface area contributed by atoms with Crippen LogP contribution in [0.25, 0.3) is 15.9 Å². The summed E-state index contributed by atoms with van der Waals surface area (Å²) in [5.41, 5.74) is 3.56. The van der Waals surface area contributed by atoms with Crippen molar-refractivity contribution >= 4 is 33.3 Å². The number of aryl methyl sites for hydroxylation is 3. The predicted molar refractivity (Wildman–Crippen MR) is 97.5 cm³/mol. The summed E-state index contributed by atoms with van der Waals surface area (Å²) in [6, 6.07) is 8.15. The molecule has 0 N–H and O–H groups in total. The smallest absolute Gasteiger partial charge is 0.220 e. The standard InChI is InChI=1S/C17H14N6S2/c1-10-5-7-11(8-6-10)23-17(20-21-22-23)25-16-14-12-3-2-4-13(12)24-15(14)18-9-19-16/h5-9H,2-4H2,1H3. The minimum Gasteiger partial charge on any atom is -0.229 e. The molecule has 25 heavy (non-hydrogen) atoms. The Labute approximate surface area is 152 Å². The molecule has 0 aliphatic heterocycles. The van der Waals surface area contributed by atoms with Crippen LogP contribution in [-0.2, 0) is 12.8 Å². The average molecular weight is 366 g/mol. The summed E-state index contributed by atoms with van der Waals surface area (Å²) in [5.74, 6) is 0. The zero-order chi connectivity index (χ0) is 16.8. The Morgan fingerprint density at radius 1 is 1.12 bits per heavy atom. The van der Waals surface area contributed by atoms with Crippen molar-refractivity contribution in [1.82, 2.24) is 30.2 Å². The number of tetrazole rings is 1. The van der Waals surface area contributed by atoms with Gasteiger partial charge < -0.3 is 0 Å². The largest absolute Gasteiger partial charge is 0.229 e. The Balaban J connectivity index is 1.58. The molecule has 0 unspecified atom stereocenters. The third-order valence-electron chi connectivity index (χ3n) is 4.37. The van der Waals surface area contributed by atoms with Gasteiger partial charge in [-0.1, -0.05) is 17.7 Å². The quantitative estimate of drug-likeness (QED) is 0.516. The van der Waals surface area contributed by atoms with Crippen molar-refractivity contribution in [3.63, 3.8) is 0 Å². The van der Waals surface area contributed by atoms with Crippen LogP contribution < -0.4 is 0 Å². The monoisotopic (exact) mass is 366 g/mol. The second kappa shape index (κ2) is 5.89. The van der Waals surface area contributed by atoms with Crippen molar-refractivity contribution in [3.8, 4) is 5.69 Å². The third-order valence-corrected chi connectivity index (χ3v) is 6.51. The topological polar surface area (TPSA) is 69.4 Å². The van der Waals surface area contributed by atoms with Gasteiger partial charge in [0, 0.05) is 10.3 Å². The lowest BCUT2D eigenvalue weighted by Crippen LogP contribution is -1.99. The van der Waals surface area contributed by atoms with E-state index in [2.05, 4.69) is 44.5 Å². The van der Waals surface area contributed by atoms with E-state index in [1.54, 1.807) is 22.3 Å². The van der Waals surface area contributed by atoms with Gasteiger partial charge in [0.05, 0.1) is 5.69 Å². The summed E-state index contributed by atoms with van der Waals surface area (Å²) in [4.78, 5) is 11.5. The lowest BCUT2D eigenvalue weighted by Gasteiger charge is -2.05.